The molecule has 68 heavy (non-hydrogen) atoms. The highest BCUT2D eigenvalue weighted by molar-refractivity contribution is 5.76. The number of carbonyl (C=O) groups is 1. The number of rotatable bonds is 58. The molecule has 3 atom stereocenters. The predicted molar refractivity (Wildman–Crippen MR) is 301 cm³/mol. The van der Waals surface area contributed by atoms with Crippen LogP contribution in [0, 0.1) is 0 Å². The average Bonchev–Trinajstić information content (AvgIpc) is 3.34. The highest BCUT2D eigenvalue weighted by atomic mass is 16.3. The number of unbranched alkanes of at least 4 members (excludes halogenated alkanes) is 46. The van der Waals surface area contributed by atoms with Crippen LogP contribution in [-0.2, 0) is 4.79 Å². The molecule has 5 nitrogen and oxygen atoms in total. The molecule has 0 rings (SSSR count). The van der Waals surface area contributed by atoms with Crippen LogP contribution in [0.3, 0.4) is 0 Å². The first-order valence-corrected chi connectivity index (χ1v) is 31.1. The van der Waals surface area contributed by atoms with E-state index in [1.54, 1.807) is 0 Å². The third-order valence-corrected chi connectivity index (χ3v) is 14.8. The molecular weight excluding hydrogens is 835 g/mol. The first kappa shape index (κ1) is 66.8. The normalized spacial score (nSPS) is 13.3. The van der Waals surface area contributed by atoms with Gasteiger partial charge in [0, 0.05) is 6.42 Å². The third-order valence-electron chi connectivity index (χ3n) is 14.8. The fourth-order valence-corrected chi connectivity index (χ4v) is 10.0. The van der Waals surface area contributed by atoms with Gasteiger partial charge in [-0.3, -0.25) is 4.79 Å². The number of allylic oxidation sites excluding steroid dienone is 4. The second kappa shape index (κ2) is 58.4. The molecule has 3 unspecified atom stereocenters. The summed E-state index contributed by atoms with van der Waals surface area (Å²) >= 11 is 0. The molecule has 0 aromatic heterocycles. The molecule has 0 fully saturated rings. The van der Waals surface area contributed by atoms with Gasteiger partial charge in [-0.15, -0.1) is 0 Å². The number of hydrogen-bond acceptors (Lipinski definition) is 4. The summed E-state index contributed by atoms with van der Waals surface area (Å²) in [7, 11) is 0. The lowest BCUT2D eigenvalue weighted by molar-refractivity contribution is -0.124. The molecule has 0 aliphatic rings. The molecular formula is C63H123NO4. The number of nitrogens with one attached hydrogen (secondary N) is 1. The first-order valence-electron chi connectivity index (χ1n) is 31.1. The van der Waals surface area contributed by atoms with E-state index in [0.29, 0.717) is 12.8 Å². The van der Waals surface area contributed by atoms with E-state index in [4.69, 9.17) is 0 Å². The number of carbonyl (C=O) groups excluding carboxylic acids is 1. The third kappa shape index (κ3) is 52.6. The number of aliphatic hydroxyl groups excluding tert-OH is 3. The van der Waals surface area contributed by atoms with Gasteiger partial charge in [0.15, 0.2) is 0 Å². The molecule has 404 valence electrons. The largest absolute Gasteiger partial charge is 0.394 e. The molecule has 5 heteroatoms. The molecule has 0 bridgehead atoms. The summed E-state index contributed by atoms with van der Waals surface area (Å²) < 4.78 is 0. The summed E-state index contributed by atoms with van der Waals surface area (Å²) in [5, 5.41) is 33.8. The second-order valence-corrected chi connectivity index (χ2v) is 21.6. The van der Waals surface area contributed by atoms with E-state index in [0.717, 1.165) is 44.9 Å². The Morgan fingerprint density at radius 3 is 0.897 bits per heavy atom. The van der Waals surface area contributed by atoms with Crippen molar-refractivity contribution < 1.29 is 20.1 Å². The highest BCUT2D eigenvalue weighted by Crippen LogP contribution is 2.18. The Balaban J connectivity index is 3.52. The molecule has 0 radical (unpaired) electrons. The molecule has 4 N–H and O–H groups in total. The molecule has 0 aliphatic heterocycles. The van der Waals surface area contributed by atoms with E-state index in [-0.39, 0.29) is 12.5 Å². The van der Waals surface area contributed by atoms with Gasteiger partial charge >= 0.3 is 0 Å². The van der Waals surface area contributed by atoms with Crippen molar-refractivity contribution in [3.8, 4) is 0 Å². The van der Waals surface area contributed by atoms with E-state index in [1.807, 2.05) is 0 Å². The van der Waals surface area contributed by atoms with Crippen molar-refractivity contribution in [1.29, 1.82) is 0 Å². The maximum absolute atomic E-state index is 12.5. The van der Waals surface area contributed by atoms with Gasteiger partial charge in [-0.1, -0.05) is 314 Å². The van der Waals surface area contributed by atoms with Gasteiger partial charge < -0.3 is 20.6 Å². The molecule has 0 saturated heterocycles. The Morgan fingerprint density at radius 1 is 0.353 bits per heavy atom. The summed E-state index contributed by atoms with van der Waals surface area (Å²) in [5.41, 5.74) is 0. The molecule has 0 aromatic carbocycles. The van der Waals surface area contributed by atoms with Crippen molar-refractivity contribution in [3.63, 3.8) is 0 Å². The Labute approximate surface area is 426 Å². The minimum atomic E-state index is -1.17. The van der Waals surface area contributed by atoms with Crippen LogP contribution in [0.15, 0.2) is 24.3 Å². The minimum Gasteiger partial charge on any atom is -0.394 e. The summed E-state index contributed by atoms with van der Waals surface area (Å²) in [6, 6.07) is -0.831. The predicted octanol–water partition coefficient (Wildman–Crippen LogP) is 19.6. The van der Waals surface area contributed by atoms with Crippen LogP contribution in [0.25, 0.3) is 0 Å². The first-order chi connectivity index (χ1) is 33.6. The lowest BCUT2D eigenvalue weighted by Crippen LogP contribution is -2.50. The van der Waals surface area contributed by atoms with Crippen molar-refractivity contribution in [1.82, 2.24) is 5.32 Å². The fraction of sp³-hybridized carbons (Fsp3) is 0.921. The van der Waals surface area contributed by atoms with Crippen LogP contribution in [0.5, 0.6) is 0 Å². The van der Waals surface area contributed by atoms with Gasteiger partial charge in [0.1, 0.15) is 6.10 Å². The number of amides is 1. The van der Waals surface area contributed by atoms with Crippen molar-refractivity contribution in [3.05, 3.63) is 24.3 Å². The van der Waals surface area contributed by atoms with Gasteiger partial charge in [-0.25, -0.2) is 0 Å². The Hall–Kier alpha value is -1.17. The van der Waals surface area contributed by atoms with Crippen LogP contribution in [0.4, 0.5) is 0 Å². The van der Waals surface area contributed by atoms with Crippen molar-refractivity contribution in [2.45, 2.75) is 366 Å². The Bertz CT molecular complexity index is 1010. The zero-order valence-corrected chi connectivity index (χ0v) is 46.3. The molecule has 0 aromatic rings. The van der Waals surface area contributed by atoms with Crippen LogP contribution < -0.4 is 5.32 Å². The Kier molecular flexibility index (Phi) is 57.4. The summed E-state index contributed by atoms with van der Waals surface area (Å²) in [6.07, 6.45) is 75.1. The molecule has 0 aliphatic carbocycles. The van der Waals surface area contributed by atoms with Crippen LogP contribution in [0.1, 0.15) is 348 Å². The van der Waals surface area contributed by atoms with Crippen LogP contribution in [-0.4, -0.2) is 46.1 Å². The van der Waals surface area contributed by atoms with Crippen LogP contribution >= 0.6 is 0 Å². The van der Waals surface area contributed by atoms with Gasteiger partial charge in [0.2, 0.25) is 5.91 Å². The zero-order chi connectivity index (χ0) is 49.3. The van der Waals surface area contributed by atoms with Crippen molar-refractivity contribution >= 4 is 5.91 Å². The monoisotopic (exact) mass is 958 g/mol. The van der Waals surface area contributed by atoms with E-state index in [2.05, 4.69) is 43.5 Å². The lowest BCUT2D eigenvalue weighted by Gasteiger charge is -2.26. The van der Waals surface area contributed by atoms with Crippen LogP contribution in [0.2, 0.25) is 0 Å². The summed E-state index contributed by atoms with van der Waals surface area (Å²) in [6.45, 7) is 4.21. The molecule has 0 heterocycles. The SMILES string of the molecule is CCCCCCCCCCCCCCCCC/C=C/CC/C=C/CCCC(O)C(O)C(CO)NC(=O)CCCCCCCCCCCCCCCCCCCCCCCCCCCCCCCC. The van der Waals surface area contributed by atoms with E-state index in [9.17, 15) is 20.1 Å². The molecule has 0 spiro atoms. The maximum atomic E-state index is 12.5. The van der Waals surface area contributed by atoms with E-state index < -0.39 is 18.2 Å². The quantitative estimate of drug-likeness (QED) is 0.0361. The zero-order valence-electron chi connectivity index (χ0n) is 46.3. The molecule has 0 saturated carbocycles. The summed E-state index contributed by atoms with van der Waals surface area (Å²) in [5.74, 6) is -0.151. The standard InChI is InChI=1S/C63H123NO4/c1-3-5-7-9-11-13-15-17-19-21-23-25-27-29-30-31-32-33-34-36-38-40-42-44-46-48-50-52-54-56-58-62(67)64-60(59-65)63(68)61(66)57-55-53-51-49-47-45-43-41-39-37-35-28-26-24-22-20-18-16-14-12-10-8-6-4-2/h41,43,49,51,60-61,63,65-66,68H,3-40,42,44-48,50,52-59H2,1-2H3,(H,64,67)/b43-41+,51-49+. The van der Waals surface area contributed by atoms with Gasteiger partial charge in [-0.2, -0.15) is 0 Å². The van der Waals surface area contributed by atoms with Crippen molar-refractivity contribution in [2.24, 2.45) is 0 Å². The maximum Gasteiger partial charge on any atom is 0.220 e. The number of aliphatic hydroxyl groups is 3. The highest BCUT2D eigenvalue weighted by Gasteiger charge is 2.26. The molecule has 1 amide bonds. The van der Waals surface area contributed by atoms with E-state index in [1.165, 1.54) is 276 Å². The fourth-order valence-electron chi connectivity index (χ4n) is 10.0. The smallest absolute Gasteiger partial charge is 0.220 e. The minimum absolute atomic E-state index is 0.151. The van der Waals surface area contributed by atoms with Crippen molar-refractivity contribution in [2.75, 3.05) is 6.61 Å². The van der Waals surface area contributed by atoms with Gasteiger partial charge in [-0.05, 0) is 51.4 Å². The van der Waals surface area contributed by atoms with E-state index >= 15 is 0 Å². The summed E-state index contributed by atoms with van der Waals surface area (Å²) in [4.78, 5) is 12.5. The Morgan fingerprint density at radius 2 is 0.603 bits per heavy atom. The number of hydrogen-bond donors (Lipinski definition) is 4. The average molecular weight is 959 g/mol. The topological polar surface area (TPSA) is 89.8 Å². The van der Waals surface area contributed by atoms with Gasteiger partial charge in [0.05, 0.1) is 18.8 Å². The van der Waals surface area contributed by atoms with Gasteiger partial charge in [0.25, 0.3) is 0 Å². The lowest BCUT2D eigenvalue weighted by atomic mass is 10.0. The second-order valence-electron chi connectivity index (χ2n) is 21.6.